The molecule has 3 rings (SSSR count). The van der Waals surface area contributed by atoms with Crippen LogP contribution in [0.25, 0.3) is 0 Å². The minimum Gasteiger partial charge on any atom is -0.451 e. The third-order valence-corrected chi connectivity index (χ3v) is 4.25. The van der Waals surface area contributed by atoms with Crippen LogP contribution in [0.1, 0.15) is 59.5 Å². The van der Waals surface area contributed by atoms with Crippen LogP contribution in [0.4, 0.5) is 5.82 Å². The summed E-state index contributed by atoms with van der Waals surface area (Å²) in [7, 11) is 0. The molecule has 1 amide bonds. The van der Waals surface area contributed by atoms with Crippen molar-refractivity contribution in [3.8, 4) is 0 Å². The molecular formula is C17H20N4O4. The highest BCUT2D eigenvalue weighted by Gasteiger charge is 2.21. The largest absolute Gasteiger partial charge is 0.451 e. The van der Waals surface area contributed by atoms with Crippen molar-refractivity contribution >= 4 is 23.5 Å². The molecule has 2 heterocycles. The summed E-state index contributed by atoms with van der Waals surface area (Å²) in [5, 5.41) is 6.99. The molecule has 132 valence electrons. The lowest BCUT2D eigenvalue weighted by Gasteiger charge is -2.14. The van der Waals surface area contributed by atoms with E-state index < -0.39 is 18.5 Å². The number of rotatable bonds is 6. The van der Waals surface area contributed by atoms with Gasteiger partial charge in [-0.2, -0.15) is 5.10 Å². The predicted molar refractivity (Wildman–Crippen MR) is 89.4 cm³/mol. The van der Waals surface area contributed by atoms with E-state index in [1.807, 2.05) is 4.68 Å². The summed E-state index contributed by atoms with van der Waals surface area (Å²) in [5.74, 6) is -0.682. The summed E-state index contributed by atoms with van der Waals surface area (Å²) in [6.45, 7) is 0.988. The first kappa shape index (κ1) is 16.9. The van der Waals surface area contributed by atoms with Crippen molar-refractivity contribution < 1.29 is 19.1 Å². The van der Waals surface area contributed by atoms with E-state index in [4.69, 9.17) is 4.74 Å². The van der Waals surface area contributed by atoms with Crippen molar-refractivity contribution in [1.82, 2.24) is 14.8 Å². The van der Waals surface area contributed by atoms with Gasteiger partial charge in [-0.05, 0) is 25.8 Å². The molecule has 0 spiro atoms. The second-order valence-corrected chi connectivity index (χ2v) is 6.08. The van der Waals surface area contributed by atoms with Gasteiger partial charge in [-0.3, -0.25) is 9.59 Å². The van der Waals surface area contributed by atoms with Crippen molar-refractivity contribution in [2.45, 2.75) is 38.6 Å². The van der Waals surface area contributed by atoms with E-state index in [0.717, 1.165) is 25.7 Å². The van der Waals surface area contributed by atoms with E-state index >= 15 is 0 Å². The maximum absolute atomic E-state index is 12.0. The number of ether oxygens (including phenoxy) is 1. The molecule has 1 aliphatic rings. The number of carbonyl (C=O) groups excluding carboxylic acids is 3. The maximum Gasteiger partial charge on any atom is 0.355 e. The molecule has 0 aliphatic heterocycles. The summed E-state index contributed by atoms with van der Waals surface area (Å²) in [6.07, 6.45) is 7.48. The van der Waals surface area contributed by atoms with Gasteiger partial charge in [0, 0.05) is 17.8 Å². The Morgan fingerprint density at radius 1 is 1.36 bits per heavy atom. The minimum atomic E-state index is -0.688. The molecule has 2 N–H and O–H groups in total. The first-order chi connectivity index (χ1) is 12.0. The quantitative estimate of drug-likeness (QED) is 0.618. The molecule has 1 saturated carbocycles. The lowest BCUT2D eigenvalue weighted by Crippen LogP contribution is -2.23. The summed E-state index contributed by atoms with van der Waals surface area (Å²) >= 11 is 0. The third-order valence-electron chi connectivity index (χ3n) is 4.25. The first-order valence-electron chi connectivity index (χ1n) is 8.24. The highest BCUT2D eigenvalue weighted by Crippen LogP contribution is 2.31. The molecule has 1 aliphatic carbocycles. The fraction of sp³-hybridized carbons (Fsp3) is 0.412. The molecule has 0 atom stereocenters. The first-order valence-corrected chi connectivity index (χ1v) is 8.24. The minimum absolute atomic E-state index is 0.133. The van der Waals surface area contributed by atoms with Gasteiger partial charge in [-0.25, -0.2) is 9.48 Å². The number of ketones is 1. The number of hydrogen-bond acceptors (Lipinski definition) is 5. The molecular weight excluding hydrogens is 324 g/mol. The molecule has 8 nitrogen and oxygen atoms in total. The molecule has 2 aromatic heterocycles. The number of nitrogens with one attached hydrogen (secondary N) is 2. The average molecular weight is 344 g/mol. The molecule has 0 radical (unpaired) electrons. The Hall–Kier alpha value is -2.90. The number of anilines is 1. The number of Topliss-reactive ketones (excluding diaryl/α,β-unsaturated/α-hetero) is 1. The number of aromatic nitrogens is 3. The van der Waals surface area contributed by atoms with Crippen molar-refractivity contribution in [2.75, 3.05) is 11.9 Å². The number of nitrogens with zero attached hydrogens (tertiary/aromatic N) is 2. The van der Waals surface area contributed by atoms with Gasteiger partial charge in [-0.15, -0.1) is 0 Å². The van der Waals surface area contributed by atoms with Crippen molar-refractivity contribution in [3.63, 3.8) is 0 Å². The average Bonchev–Trinajstić information content (AvgIpc) is 3.31. The molecule has 25 heavy (non-hydrogen) atoms. The Morgan fingerprint density at radius 2 is 2.12 bits per heavy atom. The SMILES string of the molecule is CC(=O)c1c[nH]c(C(=O)OCC(=O)Nc2ccnn2C2CCCC2)c1. The summed E-state index contributed by atoms with van der Waals surface area (Å²) in [5.41, 5.74) is 0.519. The smallest absolute Gasteiger partial charge is 0.355 e. The summed E-state index contributed by atoms with van der Waals surface area (Å²) < 4.78 is 6.79. The van der Waals surface area contributed by atoms with E-state index in [0.29, 0.717) is 17.4 Å². The Morgan fingerprint density at radius 3 is 2.80 bits per heavy atom. The van der Waals surface area contributed by atoms with E-state index in [9.17, 15) is 14.4 Å². The molecule has 2 aromatic rings. The van der Waals surface area contributed by atoms with E-state index in [-0.39, 0.29) is 11.5 Å². The van der Waals surface area contributed by atoms with Gasteiger partial charge >= 0.3 is 5.97 Å². The Kier molecular flexibility index (Phi) is 4.97. The van der Waals surface area contributed by atoms with Crippen LogP contribution >= 0.6 is 0 Å². The highest BCUT2D eigenvalue weighted by atomic mass is 16.5. The van der Waals surface area contributed by atoms with Crippen molar-refractivity contribution in [2.24, 2.45) is 0 Å². The third kappa shape index (κ3) is 3.96. The lowest BCUT2D eigenvalue weighted by atomic mass is 10.2. The number of amides is 1. The second kappa shape index (κ2) is 7.33. The van der Waals surface area contributed by atoms with Gasteiger partial charge in [0.15, 0.2) is 12.4 Å². The van der Waals surface area contributed by atoms with Crippen LogP contribution in [0.3, 0.4) is 0 Å². The van der Waals surface area contributed by atoms with Gasteiger partial charge in [0.25, 0.3) is 5.91 Å². The number of H-pyrrole nitrogens is 1. The standard InChI is InChI=1S/C17H20N4O4/c1-11(22)12-8-14(18-9-12)17(24)25-10-16(23)20-15-6-7-19-21(15)13-4-2-3-5-13/h6-9,13,18H,2-5,10H2,1H3,(H,20,23). The van der Waals surface area contributed by atoms with Gasteiger partial charge in [0.05, 0.1) is 12.2 Å². The van der Waals surface area contributed by atoms with Crippen LogP contribution in [-0.4, -0.2) is 39.0 Å². The summed E-state index contributed by atoms with van der Waals surface area (Å²) in [4.78, 5) is 37.8. The van der Waals surface area contributed by atoms with Crippen LogP contribution in [0.2, 0.25) is 0 Å². The fourth-order valence-electron chi connectivity index (χ4n) is 2.96. The van der Waals surface area contributed by atoms with Crippen LogP contribution in [0.15, 0.2) is 24.5 Å². The van der Waals surface area contributed by atoms with Crippen LogP contribution in [0, 0.1) is 0 Å². The van der Waals surface area contributed by atoms with Crippen LogP contribution < -0.4 is 5.32 Å². The van der Waals surface area contributed by atoms with Crippen LogP contribution in [-0.2, 0) is 9.53 Å². The zero-order valence-electron chi connectivity index (χ0n) is 13.9. The van der Waals surface area contributed by atoms with Gasteiger partial charge < -0.3 is 15.0 Å². The van der Waals surface area contributed by atoms with E-state index in [1.165, 1.54) is 19.2 Å². The van der Waals surface area contributed by atoms with E-state index in [2.05, 4.69) is 15.4 Å². The molecule has 0 aromatic carbocycles. The molecule has 0 saturated heterocycles. The summed E-state index contributed by atoms with van der Waals surface area (Å²) in [6, 6.07) is 3.43. The fourth-order valence-corrected chi connectivity index (χ4v) is 2.96. The monoisotopic (exact) mass is 344 g/mol. The number of aromatic amines is 1. The molecule has 1 fully saturated rings. The number of hydrogen-bond donors (Lipinski definition) is 2. The Bertz CT molecular complexity index is 786. The van der Waals surface area contributed by atoms with E-state index in [1.54, 1.807) is 12.3 Å². The normalized spacial score (nSPS) is 14.4. The van der Waals surface area contributed by atoms with Crippen LogP contribution in [0.5, 0.6) is 0 Å². The van der Waals surface area contributed by atoms with Gasteiger partial charge in [0.1, 0.15) is 11.5 Å². The molecule has 8 heteroatoms. The van der Waals surface area contributed by atoms with Gasteiger partial charge in [-0.1, -0.05) is 12.8 Å². The molecule has 0 bridgehead atoms. The molecule has 0 unspecified atom stereocenters. The van der Waals surface area contributed by atoms with Crippen molar-refractivity contribution in [3.05, 3.63) is 35.8 Å². The maximum atomic E-state index is 12.0. The number of carbonyl (C=O) groups is 3. The highest BCUT2D eigenvalue weighted by molar-refractivity contribution is 5.98. The zero-order valence-corrected chi connectivity index (χ0v) is 13.9. The van der Waals surface area contributed by atoms with Crippen molar-refractivity contribution in [1.29, 1.82) is 0 Å². The zero-order chi connectivity index (χ0) is 17.8. The topological polar surface area (TPSA) is 106 Å². The predicted octanol–water partition coefficient (Wildman–Crippen LogP) is 2.32. The van der Waals surface area contributed by atoms with Gasteiger partial charge in [0.2, 0.25) is 0 Å². The second-order valence-electron chi connectivity index (χ2n) is 6.08. The Balaban J connectivity index is 1.53. The Labute approximate surface area is 144 Å². The lowest BCUT2D eigenvalue weighted by molar-refractivity contribution is -0.119. The number of esters is 1.